The molecule has 0 bridgehead atoms. The van der Waals surface area contributed by atoms with E-state index >= 15 is 0 Å². The number of aliphatic carboxylic acids is 1. The van der Waals surface area contributed by atoms with Gasteiger partial charge in [-0.05, 0) is 12.8 Å². The van der Waals surface area contributed by atoms with Gasteiger partial charge in [-0.1, -0.05) is 12.7 Å². The second kappa shape index (κ2) is 7.71. The Hall–Kier alpha value is -1.56. The standard InChI is InChI=1S/C12H19NO5/c1-2-6-18-12(16)13-5-3-4-10(7-13)8-17-9-11(14)15/h2,10H,1,3-9H2,(H,14,15). The van der Waals surface area contributed by atoms with Gasteiger partial charge in [-0.2, -0.15) is 0 Å². The van der Waals surface area contributed by atoms with E-state index in [4.69, 9.17) is 14.6 Å². The van der Waals surface area contributed by atoms with E-state index in [0.717, 1.165) is 12.8 Å². The Labute approximate surface area is 106 Å². The molecule has 0 spiro atoms. The van der Waals surface area contributed by atoms with Crippen LogP contribution in [0.5, 0.6) is 0 Å². The van der Waals surface area contributed by atoms with Gasteiger partial charge in [-0.3, -0.25) is 0 Å². The van der Waals surface area contributed by atoms with Crippen molar-refractivity contribution in [3.05, 3.63) is 12.7 Å². The molecule has 1 atom stereocenters. The summed E-state index contributed by atoms with van der Waals surface area (Å²) < 4.78 is 10.0. The van der Waals surface area contributed by atoms with Crippen molar-refractivity contribution in [1.82, 2.24) is 4.90 Å². The van der Waals surface area contributed by atoms with E-state index in [0.29, 0.717) is 19.7 Å². The van der Waals surface area contributed by atoms with Crippen LogP contribution in [0, 0.1) is 5.92 Å². The van der Waals surface area contributed by atoms with Gasteiger partial charge >= 0.3 is 12.1 Å². The number of carbonyl (C=O) groups is 2. The average Bonchev–Trinajstić information content (AvgIpc) is 2.36. The summed E-state index contributed by atoms with van der Waals surface area (Å²) in [5.74, 6) is -0.803. The smallest absolute Gasteiger partial charge is 0.410 e. The van der Waals surface area contributed by atoms with Crippen LogP contribution in [-0.2, 0) is 14.3 Å². The lowest BCUT2D eigenvalue weighted by molar-refractivity contribution is -0.142. The summed E-state index contributed by atoms with van der Waals surface area (Å²) in [6.45, 7) is 4.97. The highest BCUT2D eigenvalue weighted by molar-refractivity contribution is 5.68. The minimum atomic E-state index is -0.979. The van der Waals surface area contributed by atoms with Crippen molar-refractivity contribution < 1.29 is 24.2 Å². The third kappa shape index (κ3) is 5.18. The fourth-order valence-electron chi connectivity index (χ4n) is 1.90. The molecule has 1 aliphatic rings. The molecule has 1 saturated heterocycles. The number of carbonyl (C=O) groups excluding carboxylic acids is 1. The van der Waals surface area contributed by atoms with Crippen LogP contribution < -0.4 is 0 Å². The molecule has 1 rings (SSSR count). The summed E-state index contributed by atoms with van der Waals surface area (Å²) >= 11 is 0. The molecule has 6 heteroatoms. The maximum Gasteiger partial charge on any atom is 0.410 e. The van der Waals surface area contributed by atoms with Crippen molar-refractivity contribution in [2.75, 3.05) is 32.9 Å². The molecule has 0 saturated carbocycles. The fourth-order valence-corrected chi connectivity index (χ4v) is 1.90. The normalized spacial score (nSPS) is 19.3. The highest BCUT2D eigenvalue weighted by atomic mass is 16.6. The number of piperidine rings is 1. The summed E-state index contributed by atoms with van der Waals surface area (Å²) in [7, 11) is 0. The SMILES string of the molecule is C=CCOC(=O)N1CCCC(COCC(=O)O)C1. The zero-order chi connectivity index (χ0) is 13.4. The van der Waals surface area contributed by atoms with E-state index in [1.807, 2.05) is 0 Å². The second-order valence-corrected chi connectivity index (χ2v) is 4.23. The van der Waals surface area contributed by atoms with Crippen LogP contribution in [0.15, 0.2) is 12.7 Å². The molecule has 0 radical (unpaired) electrons. The third-order valence-electron chi connectivity index (χ3n) is 2.68. The fraction of sp³-hybridized carbons (Fsp3) is 0.667. The molecular weight excluding hydrogens is 238 g/mol. The third-order valence-corrected chi connectivity index (χ3v) is 2.68. The molecule has 0 aromatic carbocycles. The molecule has 102 valence electrons. The maximum atomic E-state index is 11.6. The molecular formula is C12H19NO5. The van der Waals surface area contributed by atoms with Crippen molar-refractivity contribution in [3.63, 3.8) is 0 Å². The van der Waals surface area contributed by atoms with Crippen molar-refractivity contribution in [3.8, 4) is 0 Å². The van der Waals surface area contributed by atoms with Crippen LogP contribution in [-0.4, -0.2) is 55.0 Å². The molecule has 6 nitrogen and oxygen atoms in total. The lowest BCUT2D eigenvalue weighted by Gasteiger charge is -2.31. The summed E-state index contributed by atoms with van der Waals surface area (Å²) in [5, 5.41) is 8.46. The van der Waals surface area contributed by atoms with E-state index in [1.54, 1.807) is 4.90 Å². The van der Waals surface area contributed by atoms with Gasteiger partial charge in [0.05, 0.1) is 6.61 Å². The first kappa shape index (κ1) is 14.5. The Morgan fingerprint density at radius 2 is 2.28 bits per heavy atom. The Balaban J connectivity index is 2.29. The zero-order valence-corrected chi connectivity index (χ0v) is 10.3. The van der Waals surface area contributed by atoms with Gasteiger partial charge in [0.15, 0.2) is 0 Å². The molecule has 18 heavy (non-hydrogen) atoms. The number of hydrogen-bond donors (Lipinski definition) is 1. The molecule has 1 unspecified atom stereocenters. The highest BCUT2D eigenvalue weighted by Gasteiger charge is 2.24. The maximum absolute atomic E-state index is 11.6. The molecule has 0 aromatic rings. The molecule has 0 aliphatic carbocycles. The number of nitrogens with zero attached hydrogens (tertiary/aromatic N) is 1. The topological polar surface area (TPSA) is 76.1 Å². The molecule has 1 aliphatic heterocycles. The zero-order valence-electron chi connectivity index (χ0n) is 10.3. The number of rotatable bonds is 6. The summed E-state index contributed by atoms with van der Waals surface area (Å²) in [4.78, 5) is 23.5. The Bertz CT molecular complexity index is 305. The number of amides is 1. The van der Waals surface area contributed by atoms with Crippen molar-refractivity contribution in [1.29, 1.82) is 0 Å². The van der Waals surface area contributed by atoms with Crippen molar-refractivity contribution in [2.24, 2.45) is 5.92 Å². The number of likely N-dealkylation sites (tertiary alicyclic amines) is 1. The largest absolute Gasteiger partial charge is 0.480 e. The van der Waals surface area contributed by atoms with Crippen LogP contribution in [0.1, 0.15) is 12.8 Å². The van der Waals surface area contributed by atoms with E-state index in [-0.39, 0.29) is 25.2 Å². The number of hydrogen-bond acceptors (Lipinski definition) is 4. The molecule has 1 amide bonds. The van der Waals surface area contributed by atoms with Gasteiger partial charge in [-0.15, -0.1) is 0 Å². The average molecular weight is 257 g/mol. The van der Waals surface area contributed by atoms with Crippen LogP contribution in [0.2, 0.25) is 0 Å². The predicted octanol–water partition coefficient (Wildman–Crippen LogP) is 1.12. The Kier molecular flexibility index (Phi) is 6.21. The van der Waals surface area contributed by atoms with Crippen molar-refractivity contribution in [2.45, 2.75) is 12.8 Å². The molecule has 0 aromatic heterocycles. The van der Waals surface area contributed by atoms with E-state index in [2.05, 4.69) is 6.58 Å². The van der Waals surface area contributed by atoms with Crippen LogP contribution in [0.3, 0.4) is 0 Å². The highest BCUT2D eigenvalue weighted by Crippen LogP contribution is 2.17. The minimum absolute atomic E-state index is 0.175. The van der Waals surface area contributed by atoms with Gasteiger partial charge < -0.3 is 19.5 Å². The Morgan fingerprint density at radius 1 is 1.50 bits per heavy atom. The molecule has 1 N–H and O–H groups in total. The number of carboxylic acid groups (broad SMARTS) is 1. The first-order valence-corrected chi connectivity index (χ1v) is 5.95. The van der Waals surface area contributed by atoms with Gasteiger partial charge in [0.2, 0.25) is 0 Å². The quantitative estimate of drug-likeness (QED) is 0.722. The van der Waals surface area contributed by atoms with Crippen LogP contribution >= 0.6 is 0 Å². The van der Waals surface area contributed by atoms with Crippen LogP contribution in [0.25, 0.3) is 0 Å². The summed E-state index contributed by atoms with van der Waals surface area (Å²) in [5.41, 5.74) is 0. The summed E-state index contributed by atoms with van der Waals surface area (Å²) in [6.07, 6.45) is 2.99. The van der Waals surface area contributed by atoms with E-state index in [1.165, 1.54) is 6.08 Å². The number of carboxylic acids is 1. The molecule has 1 heterocycles. The van der Waals surface area contributed by atoms with E-state index in [9.17, 15) is 9.59 Å². The lowest BCUT2D eigenvalue weighted by atomic mass is 9.99. The minimum Gasteiger partial charge on any atom is -0.480 e. The van der Waals surface area contributed by atoms with Gasteiger partial charge in [0, 0.05) is 19.0 Å². The molecule has 1 fully saturated rings. The number of ether oxygens (including phenoxy) is 2. The first-order chi connectivity index (χ1) is 8.63. The first-order valence-electron chi connectivity index (χ1n) is 5.95. The monoisotopic (exact) mass is 257 g/mol. The van der Waals surface area contributed by atoms with Crippen LogP contribution in [0.4, 0.5) is 4.79 Å². The lowest BCUT2D eigenvalue weighted by Crippen LogP contribution is -2.41. The van der Waals surface area contributed by atoms with Gasteiger partial charge in [0.1, 0.15) is 13.2 Å². The Morgan fingerprint density at radius 3 is 2.94 bits per heavy atom. The van der Waals surface area contributed by atoms with Crippen molar-refractivity contribution >= 4 is 12.1 Å². The van der Waals surface area contributed by atoms with Gasteiger partial charge in [0.25, 0.3) is 0 Å². The second-order valence-electron chi connectivity index (χ2n) is 4.23. The summed E-state index contributed by atoms with van der Waals surface area (Å²) in [6, 6.07) is 0. The van der Waals surface area contributed by atoms with E-state index < -0.39 is 5.97 Å². The van der Waals surface area contributed by atoms with Gasteiger partial charge in [-0.25, -0.2) is 9.59 Å². The predicted molar refractivity (Wildman–Crippen MR) is 64.3 cm³/mol.